The lowest BCUT2D eigenvalue weighted by Crippen LogP contribution is -2.29. The van der Waals surface area contributed by atoms with E-state index in [4.69, 9.17) is 4.74 Å². The highest BCUT2D eigenvalue weighted by Crippen LogP contribution is 2.29. The molecule has 1 aliphatic rings. The Morgan fingerprint density at radius 2 is 2.00 bits per heavy atom. The average molecular weight is 408 g/mol. The zero-order valence-electron chi connectivity index (χ0n) is 16.6. The summed E-state index contributed by atoms with van der Waals surface area (Å²) in [5, 5.41) is 3.55. The van der Waals surface area contributed by atoms with Crippen LogP contribution in [0.3, 0.4) is 0 Å². The van der Waals surface area contributed by atoms with E-state index in [1.54, 1.807) is 11.3 Å². The summed E-state index contributed by atoms with van der Waals surface area (Å²) in [6.45, 7) is 4.87. The van der Waals surface area contributed by atoms with E-state index in [0.717, 1.165) is 43.9 Å². The number of aromatic nitrogens is 1. The maximum atomic E-state index is 12.3. The van der Waals surface area contributed by atoms with E-state index in [1.807, 2.05) is 30.3 Å². The minimum absolute atomic E-state index is 0.0163. The van der Waals surface area contributed by atoms with E-state index in [9.17, 15) is 4.79 Å². The number of aryl methyl sites for hydroxylation is 1. The topological polar surface area (TPSA) is 54.5 Å². The summed E-state index contributed by atoms with van der Waals surface area (Å²) in [7, 11) is 0. The third-order valence-corrected chi connectivity index (χ3v) is 5.98. The Morgan fingerprint density at radius 3 is 2.83 bits per heavy atom. The molecule has 0 atom stereocenters. The first-order valence-electron chi connectivity index (χ1n) is 9.96. The first-order chi connectivity index (χ1) is 14.2. The zero-order chi connectivity index (χ0) is 20.1. The van der Waals surface area contributed by atoms with E-state index in [-0.39, 0.29) is 12.5 Å². The molecule has 2 aromatic carbocycles. The van der Waals surface area contributed by atoms with Crippen LogP contribution in [-0.2, 0) is 30.7 Å². The molecule has 2 heterocycles. The van der Waals surface area contributed by atoms with Crippen molar-refractivity contribution in [1.82, 2.24) is 9.88 Å². The highest BCUT2D eigenvalue weighted by Gasteiger charge is 2.21. The Bertz CT molecular complexity index is 971. The van der Waals surface area contributed by atoms with E-state index in [0.29, 0.717) is 5.13 Å². The fourth-order valence-corrected chi connectivity index (χ4v) is 4.50. The molecular formula is C23H25N3O2S. The lowest BCUT2D eigenvalue weighted by Gasteiger charge is -2.25. The number of anilines is 1. The molecule has 1 aromatic heterocycles. The van der Waals surface area contributed by atoms with Crippen LogP contribution in [0.2, 0.25) is 0 Å². The summed E-state index contributed by atoms with van der Waals surface area (Å²) >= 11 is 1.57. The standard InChI is InChI=1S/C23H25N3O2S/c1-2-17-9-6-10-19(13-17)28-16-22(27)25-23-24-20-11-12-26(15-21(20)29-23)14-18-7-4-3-5-8-18/h3-10,13H,2,11-12,14-16H2,1H3,(H,24,25,27). The molecule has 0 spiro atoms. The summed E-state index contributed by atoms with van der Waals surface area (Å²) in [4.78, 5) is 20.6. The molecule has 150 valence electrons. The van der Waals surface area contributed by atoms with Crippen LogP contribution in [0.4, 0.5) is 5.13 Å². The summed E-state index contributed by atoms with van der Waals surface area (Å²) in [5.41, 5.74) is 3.61. The van der Waals surface area contributed by atoms with Crippen LogP contribution in [0.1, 0.15) is 28.6 Å². The second-order valence-corrected chi connectivity index (χ2v) is 8.26. The number of nitrogens with one attached hydrogen (secondary N) is 1. The Labute approximate surface area is 175 Å². The predicted molar refractivity (Wildman–Crippen MR) is 116 cm³/mol. The summed E-state index contributed by atoms with van der Waals surface area (Å²) in [6.07, 6.45) is 1.85. The Balaban J connectivity index is 1.31. The first kappa shape index (κ1) is 19.6. The molecule has 5 nitrogen and oxygen atoms in total. The van der Waals surface area contributed by atoms with Gasteiger partial charge in [-0.25, -0.2) is 4.98 Å². The van der Waals surface area contributed by atoms with Crippen molar-refractivity contribution in [3.63, 3.8) is 0 Å². The van der Waals surface area contributed by atoms with Gasteiger partial charge < -0.3 is 4.74 Å². The van der Waals surface area contributed by atoms with Gasteiger partial charge in [0.05, 0.1) is 5.69 Å². The molecule has 0 aliphatic carbocycles. The van der Waals surface area contributed by atoms with Crippen molar-refractivity contribution in [3.05, 3.63) is 76.3 Å². The molecular weight excluding hydrogens is 382 g/mol. The lowest BCUT2D eigenvalue weighted by atomic mass is 10.1. The van der Waals surface area contributed by atoms with Crippen LogP contribution in [0.15, 0.2) is 54.6 Å². The number of amides is 1. The van der Waals surface area contributed by atoms with Crippen LogP contribution in [0.5, 0.6) is 5.75 Å². The van der Waals surface area contributed by atoms with Crippen LogP contribution < -0.4 is 10.1 Å². The number of thiazole rings is 1. The maximum Gasteiger partial charge on any atom is 0.264 e. The maximum absolute atomic E-state index is 12.3. The van der Waals surface area contributed by atoms with Crippen molar-refractivity contribution in [3.8, 4) is 5.75 Å². The van der Waals surface area contributed by atoms with Gasteiger partial charge in [-0.3, -0.25) is 15.0 Å². The quantitative estimate of drug-likeness (QED) is 0.635. The van der Waals surface area contributed by atoms with E-state index in [1.165, 1.54) is 16.0 Å². The Morgan fingerprint density at radius 1 is 1.17 bits per heavy atom. The normalized spacial score (nSPS) is 13.7. The van der Waals surface area contributed by atoms with E-state index < -0.39 is 0 Å². The molecule has 0 saturated heterocycles. The largest absolute Gasteiger partial charge is 0.484 e. The smallest absolute Gasteiger partial charge is 0.264 e. The number of rotatable bonds is 7. The molecule has 1 amide bonds. The molecule has 29 heavy (non-hydrogen) atoms. The van der Waals surface area contributed by atoms with Gasteiger partial charge in [0.25, 0.3) is 5.91 Å². The average Bonchev–Trinajstić information content (AvgIpc) is 3.14. The fraction of sp³-hybridized carbons (Fsp3) is 0.304. The van der Waals surface area contributed by atoms with Crippen molar-refractivity contribution in [2.45, 2.75) is 32.9 Å². The number of fused-ring (bicyclic) bond motifs is 1. The van der Waals surface area contributed by atoms with Crippen molar-refractivity contribution in [2.75, 3.05) is 18.5 Å². The molecule has 6 heteroatoms. The highest BCUT2D eigenvalue weighted by atomic mass is 32.1. The molecule has 1 aliphatic heterocycles. The van der Waals surface area contributed by atoms with Gasteiger partial charge >= 0.3 is 0 Å². The van der Waals surface area contributed by atoms with Gasteiger partial charge in [0.1, 0.15) is 5.75 Å². The van der Waals surface area contributed by atoms with Gasteiger partial charge in [0.15, 0.2) is 11.7 Å². The number of carbonyl (C=O) groups excluding carboxylic acids is 1. The van der Waals surface area contributed by atoms with Gasteiger partial charge in [-0.05, 0) is 29.7 Å². The van der Waals surface area contributed by atoms with Gasteiger partial charge in [0, 0.05) is 30.9 Å². The molecule has 0 saturated carbocycles. The summed E-state index contributed by atoms with van der Waals surface area (Å²) in [6, 6.07) is 18.3. The minimum Gasteiger partial charge on any atom is -0.484 e. The second kappa shape index (κ2) is 9.20. The first-order valence-corrected chi connectivity index (χ1v) is 10.8. The monoisotopic (exact) mass is 407 g/mol. The molecule has 1 N–H and O–H groups in total. The zero-order valence-corrected chi connectivity index (χ0v) is 17.4. The van der Waals surface area contributed by atoms with Crippen LogP contribution in [0.25, 0.3) is 0 Å². The van der Waals surface area contributed by atoms with Gasteiger partial charge in [-0.2, -0.15) is 0 Å². The Hall–Kier alpha value is -2.70. The van der Waals surface area contributed by atoms with Gasteiger partial charge in [-0.15, -0.1) is 11.3 Å². The van der Waals surface area contributed by atoms with Gasteiger partial charge in [-0.1, -0.05) is 49.4 Å². The predicted octanol–water partition coefficient (Wildman–Crippen LogP) is 4.28. The van der Waals surface area contributed by atoms with E-state index >= 15 is 0 Å². The van der Waals surface area contributed by atoms with Crippen molar-refractivity contribution in [1.29, 1.82) is 0 Å². The van der Waals surface area contributed by atoms with Crippen LogP contribution in [0, 0.1) is 0 Å². The van der Waals surface area contributed by atoms with Crippen molar-refractivity contribution >= 4 is 22.4 Å². The number of carbonyl (C=O) groups is 1. The summed E-state index contributed by atoms with van der Waals surface area (Å²) < 4.78 is 5.62. The van der Waals surface area contributed by atoms with Crippen molar-refractivity contribution in [2.24, 2.45) is 0 Å². The molecule has 4 rings (SSSR count). The second-order valence-electron chi connectivity index (χ2n) is 7.17. The number of nitrogens with zero attached hydrogens (tertiary/aromatic N) is 2. The molecule has 0 radical (unpaired) electrons. The molecule has 0 unspecified atom stereocenters. The number of hydrogen-bond donors (Lipinski definition) is 1. The lowest BCUT2D eigenvalue weighted by molar-refractivity contribution is -0.118. The van der Waals surface area contributed by atoms with Crippen LogP contribution >= 0.6 is 11.3 Å². The SMILES string of the molecule is CCc1cccc(OCC(=O)Nc2nc3c(s2)CN(Cc2ccccc2)CC3)c1. The number of hydrogen-bond acceptors (Lipinski definition) is 5. The van der Waals surface area contributed by atoms with Gasteiger partial charge in [0.2, 0.25) is 0 Å². The molecule has 0 bridgehead atoms. The number of benzene rings is 2. The summed E-state index contributed by atoms with van der Waals surface area (Å²) in [5.74, 6) is 0.536. The third-order valence-electron chi connectivity index (χ3n) is 4.98. The minimum atomic E-state index is -0.181. The number of ether oxygens (including phenoxy) is 1. The van der Waals surface area contributed by atoms with Crippen molar-refractivity contribution < 1.29 is 9.53 Å². The van der Waals surface area contributed by atoms with Crippen LogP contribution in [-0.4, -0.2) is 28.9 Å². The molecule has 3 aromatic rings. The van der Waals surface area contributed by atoms with E-state index in [2.05, 4.69) is 46.4 Å². The highest BCUT2D eigenvalue weighted by molar-refractivity contribution is 7.15. The Kier molecular flexibility index (Phi) is 6.22. The third kappa shape index (κ3) is 5.22. The fourth-order valence-electron chi connectivity index (χ4n) is 3.44. The molecule has 0 fully saturated rings.